The van der Waals surface area contributed by atoms with Crippen LogP contribution in [0.4, 0.5) is 25.4 Å². The van der Waals surface area contributed by atoms with E-state index in [4.69, 9.17) is 16.0 Å². The SMILES string of the molecule is N=CC(CNCc1ccc(-c2ccc(N3C[C@H](CNC(=O)Nc4ccc(CC([P+](=O)O)[P+](O)(O)O)cc4)OC3=O)cc2F)cc1)=NN. The molecule has 18 heteroatoms. The number of carbonyl (C=O) groups excluding carboxylic acids is 2. The van der Waals surface area contributed by atoms with Gasteiger partial charge in [0.05, 0.1) is 30.9 Å². The van der Waals surface area contributed by atoms with Crippen molar-refractivity contribution >= 4 is 51.4 Å². The van der Waals surface area contributed by atoms with Gasteiger partial charge in [0.1, 0.15) is 11.9 Å². The van der Waals surface area contributed by atoms with Crippen molar-refractivity contribution < 1.29 is 42.9 Å². The Hall–Kier alpha value is -4.40. The fraction of sp³-hybridized carbons (Fsp3) is 0.241. The number of rotatable bonds is 14. The number of hydrazone groups is 1. The van der Waals surface area contributed by atoms with Crippen molar-refractivity contribution in [1.82, 2.24) is 10.6 Å². The van der Waals surface area contributed by atoms with E-state index in [0.29, 0.717) is 46.9 Å². The van der Waals surface area contributed by atoms with Crippen molar-refractivity contribution in [2.45, 2.75) is 24.5 Å². The van der Waals surface area contributed by atoms with Gasteiger partial charge in [-0.25, -0.2) is 14.0 Å². The van der Waals surface area contributed by atoms with Crippen LogP contribution < -0.4 is 26.7 Å². The zero-order chi connectivity index (χ0) is 34.1. The highest BCUT2D eigenvalue weighted by atomic mass is 31.2. The molecule has 3 aromatic rings. The number of hydrogen-bond donors (Lipinski definition) is 9. The van der Waals surface area contributed by atoms with Gasteiger partial charge in [-0.05, 0) is 51.6 Å². The van der Waals surface area contributed by atoms with Crippen LogP contribution in [0.25, 0.3) is 11.1 Å². The molecule has 1 aliphatic heterocycles. The third kappa shape index (κ3) is 9.80. The van der Waals surface area contributed by atoms with Gasteiger partial charge in [0.15, 0.2) is 0 Å². The number of carbonyl (C=O) groups is 2. The normalized spacial score (nSPS) is 16.0. The molecule has 0 aliphatic carbocycles. The lowest BCUT2D eigenvalue weighted by atomic mass is 10.0. The second-order valence-electron chi connectivity index (χ2n) is 10.5. The maximum atomic E-state index is 15.2. The summed E-state index contributed by atoms with van der Waals surface area (Å²) in [7, 11) is -7.59. The molecule has 1 aliphatic rings. The molecule has 1 fully saturated rings. The fourth-order valence-corrected chi connectivity index (χ4v) is 6.55. The van der Waals surface area contributed by atoms with Gasteiger partial charge in [0.25, 0.3) is 0 Å². The van der Waals surface area contributed by atoms with E-state index in [9.17, 15) is 33.7 Å². The maximum Gasteiger partial charge on any atom is 0.558 e. The topological polar surface area (TPSA) is 243 Å². The molecule has 1 saturated heterocycles. The molecule has 47 heavy (non-hydrogen) atoms. The summed E-state index contributed by atoms with van der Waals surface area (Å²) in [6, 6.07) is 17.0. The van der Waals surface area contributed by atoms with Gasteiger partial charge >= 0.3 is 33.5 Å². The monoisotopic (exact) mass is 689 g/mol. The summed E-state index contributed by atoms with van der Waals surface area (Å²) in [5.74, 6) is 4.66. The van der Waals surface area contributed by atoms with E-state index in [0.717, 1.165) is 11.8 Å². The maximum absolute atomic E-state index is 15.2. The Balaban J connectivity index is 1.27. The number of hydrogen-bond acceptors (Lipinski definition) is 11. The van der Waals surface area contributed by atoms with Crippen LogP contribution in [0.1, 0.15) is 11.1 Å². The number of anilines is 2. The highest BCUT2D eigenvalue weighted by molar-refractivity contribution is 7.70. The number of amides is 3. The summed E-state index contributed by atoms with van der Waals surface area (Å²) in [6.45, 7) is 0.877. The van der Waals surface area contributed by atoms with Crippen molar-refractivity contribution in [3.8, 4) is 11.1 Å². The molecule has 0 bridgehead atoms. The van der Waals surface area contributed by atoms with Crippen LogP contribution in [-0.2, 0) is 22.3 Å². The van der Waals surface area contributed by atoms with E-state index in [2.05, 4.69) is 21.1 Å². The molecular formula is C29H34FN7O8P2+2. The van der Waals surface area contributed by atoms with E-state index >= 15 is 4.39 Å². The number of nitrogens with one attached hydrogen (secondary N) is 4. The molecular weight excluding hydrogens is 655 g/mol. The second kappa shape index (κ2) is 15.9. The predicted octanol–water partition coefficient (Wildman–Crippen LogP) is 3.04. The minimum Gasteiger partial charge on any atom is -0.442 e. The molecule has 248 valence electrons. The quantitative estimate of drug-likeness (QED) is 0.0518. The van der Waals surface area contributed by atoms with Crippen molar-refractivity contribution in [1.29, 1.82) is 5.41 Å². The molecule has 0 radical (unpaired) electrons. The van der Waals surface area contributed by atoms with Crippen LogP contribution in [0.2, 0.25) is 0 Å². The molecule has 3 aromatic carbocycles. The average Bonchev–Trinajstić information content (AvgIpc) is 3.41. The first-order valence-corrected chi connectivity index (χ1v) is 17.1. The summed E-state index contributed by atoms with van der Waals surface area (Å²) in [5.41, 5.74) is 3.41. The van der Waals surface area contributed by atoms with Crippen LogP contribution in [0.15, 0.2) is 71.8 Å². The smallest absolute Gasteiger partial charge is 0.442 e. The molecule has 2 unspecified atom stereocenters. The van der Waals surface area contributed by atoms with Gasteiger partial charge in [-0.3, -0.25) is 4.90 Å². The minimum atomic E-state index is -4.54. The summed E-state index contributed by atoms with van der Waals surface area (Å²) >= 11 is 0. The standard InChI is InChI=1S/C29H32FN7O8P2/c30-26-12-23(9-10-25(26)20-5-1-19(2-6-20)14-33-15-22(13-31)36-32)37-17-24(45-29(37)39)16-34-28(38)35-21-7-3-18(4-8-21)11-27(46(40)41)47(42,43)44/h1-10,12-13,24,27,33,42-44H,11,14-17H2,(H4-2,31,32,34,35,38,40,41)/p+2/t24-,27?/m0/s1. The Morgan fingerprint density at radius 3 is 2.43 bits per heavy atom. The van der Waals surface area contributed by atoms with E-state index in [1.165, 1.54) is 35.2 Å². The Morgan fingerprint density at radius 2 is 1.83 bits per heavy atom. The predicted molar refractivity (Wildman–Crippen MR) is 176 cm³/mol. The molecule has 10 N–H and O–H groups in total. The summed E-state index contributed by atoms with van der Waals surface area (Å²) in [6.07, 6.45) is -0.592. The molecule has 1 heterocycles. The van der Waals surface area contributed by atoms with Gasteiger partial charge in [0.2, 0.25) is 0 Å². The van der Waals surface area contributed by atoms with Gasteiger partial charge in [-0.1, -0.05) is 36.4 Å². The van der Waals surface area contributed by atoms with E-state index in [1.54, 1.807) is 24.3 Å². The summed E-state index contributed by atoms with van der Waals surface area (Å²) < 4.78 is 31.9. The number of halogens is 1. The zero-order valence-electron chi connectivity index (χ0n) is 24.8. The fourth-order valence-electron chi connectivity index (χ4n) is 4.67. The first kappa shape index (κ1) is 35.5. The van der Waals surface area contributed by atoms with Crippen LogP contribution in [0, 0.1) is 11.2 Å². The Kier molecular flexibility index (Phi) is 12.0. The van der Waals surface area contributed by atoms with Crippen LogP contribution in [0.3, 0.4) is 0 Å². The third-order valence-electron chi connectivity index (χ3n) is 7.15. The number of urea groups is 1. The second-order valence-corrected chi connectivity index (χ2v) is 14.0. The highest BCUT2D eigenvalue weighted by Crippen LogP contribution is 2.59. The minimum absolute atomic E-state index is 0.0316. The number of ether oxygens (including phenoxy) is 1. The molecule has 15 nitrogen and oxygen atoms in total. The van der Waals surface area contributed by atoms with Crippen molar-refractivity contribution in [3.05, 3.63) is 83.7 Å². The van der Waals surface area contributed by atoms with E-state index in [1.807, 2.05) is 12.1 Å². The van der Waals surface area contributed by atoms with E-state index in [-0.39, 0.29) is 19.5 Å². The largest absolute Gasteiger partial charge is 0.558 e. The summed E-state index contributed by atoms with van der Waals surface area (Å²) in [4.78, 5) is 63.7. The Morgan fingerprint density at radius 1 is 1.15 bits per heavy atom. The first-order valence-electron chi connectivity index (χ1n) is 14.1. The molecule has 0 saturated carbocycles. The number of nitrogens with two attached hydrogens (primary N) is 1. The van der Waals surface area contributed by atoms with Crippen LogP contribution in [-0.4, -0.2) is 74.8 Å². The average molecular weight is 690 g/mol. The van der Waals surface area contributed by atoms with Gasteiger partial charge in [0, 0.05) is 30.6 Å². The summed E-state index contributed by atoms with van der Waals surface area (Å²) in [5, 5.41) is 17.4. The zero-order valence-corrected chi connectivity index (χ0v) is 26.6. The first-order chi connectivity index (χ1) is 22.4. The molecule has 0 aromatic heterocycles. The lowest BCUT2D eigenvalue weighted by Crippen LogP contribution is -2.37. The number of nitrogens with zero attached hydrogens (tertiary/aromatic N) is 2. The Bertz CT molecular complexity index is 1640. The van der Waals surface area contributed by atoms with Crippen molar-refractivity contribution in [2.75, 3.05) is 29.9 Å². The molecule has 3 atom stereocenters. The molecule has 4 rings (SSSR count). The van der Waals surface area contributed by atoms with Gasteiger partial charge in [-0.2, -0.15) is 24.7 Å². The molecule has 0 spiro atoms. The molecule has 3 amide bonds. The van der Waals surface area contributed by atoms with Crippen molar-refractivity contribution in [3.63, 3.8) is 0 Å². The van der Waals surface area contributed by atoms with Gasteiger partial charge in [-0.15, -0.1) is 0 Å². The van der Waals surface area contributed by atoms with E-state index < -0.39 is 45.4 Å². The number of cyclic esters (lactones) is 1. The van der Waals surface area contributed by atoms with Crippen LogP contribution in [0.5, 0.6) is 0 Å². The highest BCUT2D eigenvalue weighted by Gasteiger charge is 2.56. The number of benzene rings is 3. The Labute approximate surface area is 270 Å². The lowest BCUT2D eigenvalue weighted by Gasteiger charge is -2.15. The lowest BCUT2D eigenvalue weighted by molar-refractivity contribution is 0.141. The third-order valence-corrected chi connectivity index (χ3v) is 10.3. The van der Waals surface area contributed by atoms with Crippen molar-refractivity contribution in [2.24, 2.45) is 10.9 Å². The van der Waals surface area contributed by atoms with Gasteiger partial charge < -0.3 is 31.9 Å². The van der Waals surface area contributed by atoms with Crippen LogP contribution >= 0.6 is 16.0 Å².